The summed E-state index contributed by atoms with van der Waals surface area (Å²) >= 11 is 0. The molecule has 1 aliphatic rings. The third-order valence-corrected chi connectivity index (χ3v) is 7.12. The van der Waals surface area contributed by atoms with Crippen LogP contribution in [0.1, 0.15) is 15.9 Å². The molecule has 1 fully saturated rings. The molecule has 1 aromatic heterocycles. The number of hydrogen-bond acceptors (Lipinski definition) is 7. The molecule has 4 aromatic rings. The molecule has 9 heteroatoms. The Morgan fingerprint density at radius 1 is 0.780 bits per heavy atom. The number of rotatable bonds is 9. The van der Waals surface area contributed by atoms with E-state index >= 15 is 0 Å². The molecule has 41 heavy (non-hydrogen) atoms. The first kappa shape index (κ1) is 27.6. The molecule has 9 nitrogen and oxygen atoms in total. The van der Waals surface area contributed by atoms with Gasteiger partial charge in [-0.3, -0.25) is 9.59 Å². The van der Waals surface area contributed by atoms with Gasteiger partial charge in [0.2, 0.25) is 5.91 Å². The summed E-state index contributed by atoms with van der Waals surface area (Å²) < 4.78 is 10.6. The van der Waals surface area contributed by atoms with Crippen LogP contribution >= 0.6 is 0 Å². The van der Waals surface area contributed by atoms with Crippen molar-refractivity contribution >= 4 is 17.6 Å². The van der Waals surface area contributed by atoms with Crippen LogP contribution in [-0.4, -0.2) is 78.8 Å². The summed E-state index contributed by atoms with van der Waals surface area (Å²) in [6.07, 6.45) is 0. The van der Waals surface area contributed by atoms with Gasteiger partial charge in [-0.25, -0.2) is 0 Å². The van der Waals surface area contributed by atoms with Crippen LogP contribution in [0, 0.1) is 0 Å². The highest BCUT2D eigenvalue weighted by Gasteiger charge is 2.26. The van der Waals surface area contributed by atoms with Crippen LogP contribution in [0.3, 0.4) is 0 Å². The second-order valence-electron chi connectivity index (χ2n) is 9.76. The zero-order valence-electron chi connectivity index (χ0n) is 23.3. The molecule has 1 aliphatic heterocycles. The lowest BCUT2D eigenvalue weighted by Gasteiger charge is -2.36. The van der Waals surface area contributed by atoms with Crippen LogP contribution < -0.4 is 14.4 Å². The Kier molecular flexibility index (Phi) is 8.73. The van der Waals surface area contributed by atoms with Crippen molar-refractivity contribution in [2.75, 3.05) is 51.8 Å². The van der Waals surface area contributed by atoms with E-state index in [-0.39, 0.29) is 18.4 Å². The number of methoxy groups -OCH3 is 2. The molecular formula is C32H33N5O4. The predicted molar refractivity (Wildman–Crippen MR) is 157 cm³/mol. The number of amides is 2. The number of carbonyl (C=O) groups is 2. The Balaban J connectivity index is 1.22. The van der Waals surface area contributed by atoms with Crippen molar-refractivity contribution in [2.24, 2.45) is 0 Å². The molecule has 210 valence electrons. The van der Waals surface area contributed by atoms with Gasteiger partial charge in [0.1, 0.15) is 18.0 Å². The molecule has 0 bridgehead atoms. The first-order chi connectivity index (χ1) is 20.0. The van der Waals surface area contributed by atoms with E-state index in [1.807, 2.05) is 71.6 Å². The maximum atomic E-state index is 13.5. The summed E-state index contributed by atoms with van der Waals surface area (Å²) in [4.78, 5) is 32.4. The van der Waals surface area contributed by atoms with Gasteiger partial charge in [-0.1, -0.05) is 48.5 Å². The number of piperazine rings is 1. The van der Waals surface area contributed by atoms with Gasteiger partial charge in [-0.15, -0.1) is 10.2 Å². The van der Waals surface area contributed by atoms with Crippen LogP contribution in [0.4, 0.5) is 5.82 Å². The molecule has 0 radical (unpaired) electrons. The second-order valence-corrected chi connectivity index (χ2v) is 9.76. The van der Waals surface area contributed by atoms with Gasteiger partial charge in [0, 0.05) is 43.9 Å². The number of benzene rings is 3. The number of carbonyl (C=O) groups excluding carboxylic acids is 2. The summed E-state index contributed by atoms with van der Waals surface area (Å²) in [7, 11) is 3.20. The molecule has 0 aliphatic carbocycles. The van der Waals surface area contributed by atoms with Crippen LogP contribution in [0.2, 0.25) is 0 Å². The Morgan fingerprint density at radius 3 is 2.17 bits per heavy atom. The van der Waals surface area contributed by atoms with Gasteiger partial charge in [-0.2, -0.15) is 0 Å². The van der Waals surface area contributed by atoms with Crippen molar-refractivity contribution in [2.45, 2.75) is 6.54 Å². The van der Waals surface area contributed by atoms with Crippen LogP contribution in [0.25, 0.3) is 11.3 Å². The zero-order valence-corrected chi connectivity index (χ0v) is 23.3. The van der Waals surface area contributed by atoms with E-state index in [0.29, 0.717) is 44.0 Å². The number of nitrogens with zero attached hydrogens (tertiary/aromatic N) is 5. The van der Waals surface area contributed by atoms with Gasteiger partial charge in [0.25, 0.3) is 5.91 Å². The molecule has 2 amide bonds. The van der Waals surface area contributed by atoms with Crippen molar-refractivity contribution in [3.05, 3.63) is 102 Å². The number of hydrogen-bond donors (Lipinski definition) is 0. The summed E-state index contributed by atoms with van der Waals surface area (Å²) in [5.41, 5.74) is 3.13. The predicted octanol–water partition coefficient (Wildman–Crippen LogP) is 4.15. The van der Waals surface area contributed by atoms with E-state index in [2.05, 4.69) is 15.1 Å². The normalized spacial score (nSPS) is 13.0. The molecule has 3 aromatic carbocycles. The lowest BCUT2D eigenvalue weighted by atomic mass is 10.1. The second kappa shape index (κ2) is 13.0. The van der Waals surface area contributed by atoms with Crippen molar-refractivity contribution in [3.8, 4) is 22.8 Å². The average molecular weight is 552 g/mol. The Labute approximate surface area is 239 Å². The first-order valence-corrected chi connectivity index (χ1v) is 13.5. The standard InChI is InChI=1S/C32H33N5O4/c1-40-27-12-6-10-25(20-27)29-14-15-30(34-33-29)35-16-18-36(19-17-35)31(38)23-37(22-24-8-4-3-5-9-24)32(39)26-11-7-13-28(21-26)41-2/h3-15,20-21H,16-19,22-23H2,1-2H3. The molecule has 1 saturated heterocycles. The summed E-state index contributed by atoms with van der Waals surface area (Å²) in [6.45, 7) is 2.63. The smallest absolute Gasteiger partial charge is 0.254 e. The topological polar surface area (TPSA) is 88.1 Å². The minimum atomic E-state index is -0.217. The van der Waals surface area contributed by atoms with Gasteiger partial charge < -0.3 is 24.2 Å². The zero-order chi connectivity index (χ0) is 28.6. The third kappa shape index (κ3) is 6.81. The van der Waals surface area contributed by atoms with Gasteiger partial charge >= 0.3 is 0 Å². The van der Waals surface area contributed by atoms with Gasteiger partial charge in [0.15, 0.2) is 5.82 Å². The molecule has 0 atom stereocenters. The summed E-state index contributed by atoms with van der Waals surface area (Å²) in [5.74, 6) is 1.82. The van der Waals surface area contributed by atoms with E-state index in [0.717, 1.165) is 28.4 Å². The Hall–Kier alpha value is -4.92. The van der Waals surface area contributed by atoms with Crippen molar-refractivity contribution in [1.29, 1.82) is 0 Å². The van der Waals surface area contributed by atoms with E-state index in [4.69, 9.17) is 9.47 Å². The summed E-state index contributed by atoms with van der Waals surface area (Å²) in [5, 5.41) is 8.85. The molecule has 5 rings (SSSR count). The number of ether oxygens (including phenoxy) is 2. The average Bonchev–Trinajstić information content (AvgIpc) is 3.04. The van der Waals surface area contributed by atoms with E-state index in [9.17, 15) is 9.59 Å². The van der Waals surface area contributed by atoms with Crippen molar-refractivity contribution in [3.63, 3.8) is 0 Å². The highest BCUT2D eigenvalue weighted by atomic mass is 16.5. The third-order valence-electron chi connectivity index (χ3n) is 7.12. The minimum absolute atomic E-state index is 0.0139. The van der Waals surface area contributed by atoms with Gasteiger partial charge in [-0.05, 0) is 48.0 Å². The highest BCUT2D eigenvalue weighted by molar-refractivity contribution is 5.96. The van der Waals surface area contributed by atoms with E-state index in [1.165, 1.54) is 0 Å². The van der Waals surface area contributed by atoms with E-state index in [1.54, 1.807) is 43.4 Å². The Morgan fingerprint density at radius 2 is 1.49 bits per heavy atom. The minimum Gasteiger partial charge on any atom is -0.497 e. The molecule has 0 N–H and O–H groups in total. The number of anilines is 1. The lowest BCUT2D eigenvalue weighted by molar-refractivity contribution is -0.132. The molecule has 0 unspecified atom stereocenters. The molecule has 0 saturated carbocycles. The molecule has 2 heterocycles. The fraction of sp³-hybridized carbons (Fsp3) is 0.250. The number of aromatic nitrogens is 2. The van der Waals surface area contributed by atoms with E-state index < -0.39 is 0 Å². The molecular weight excluding hydrogens is 518 g/mol. The quantitative estimate of drug-likeness (QED) is 0.309. The maximum Gasteiger partial charge on any atom is 0.254 e. The van der Waals surface area contributed by atoms with Crippen LogP contribution in [0.15, 0.2) is 91.0 Å². The molecule has 0 spiro atoms. The fourth-order valence-electron chi connectivity index (χ4n) is 4.82. The maximum absolute atomic E-state index is 13.5. The fourth-order valence-corrected chi connectivity index (χ4v) is 4.82. The van der Waals surface area contributed by atoms with Crippen molar-refractivity contribution in [1.82, 2.24) is 20.0 Å². The lowest BCUT2D eigenvalue weighted by Crippen LogP contribution is -2.52. The first-order valence-electron chi connectivity index (χ1n) is 13.5. The Bertz CT molecular complexity index is 1470. The van der Waals surface area contributed by atoms with Gasteiger partial charge in [0.05, 0.1) is 19.9 Å². The SMILES string of the molecule is COc1cccc(C(=O)N(CC(=O)N2CCN(c3ccc(-c4cccc(OC)c4)nn3)CC2)Cc2ccccc2)c1. The van der Waals surface area contributed by atoms with Crippen LogP contribution in [-0.2, 0) is 11.3 Å². The monoisotopic (exact) mass is 551 g/mol. The summed E-state index contributed by atoms with van der Waals surface area (Å²) in [6, 6.07) is 28.3. The van der Waals surface area contributed by atoms with Crippen LogP contribution in [0.5, 0.6) is 11.5 Å². The largest absolute Gasteiger partial charge is 0.497 e. The van der Waals surface area contributed by atoms with Crippen molar-refractivity contribution < 1.29 is 19.1 Å². The highest BCUT2D eigenvalue weighted by Crippen LogP contribution is 2.23.